The van der Waals surface area contributed by atoms with Gasteiger partial charge in [-0.3, -0.25) is 4.79 Å². The van der Waals surface area contributed by atoms with Gasteiger partial charge in [0.2, 0.25) is 5.82 Å². The lowest BCUT2D eigenvalue weighted by Crippen LogP contribution is -3.13. The van der Waals surface area contributed by atoms with Gasteiger partial charge >= 0.3 is 0 Å². The van der Waals surface area contributed by atoms with Gasteiger partial charge in [0.05, 0.1) is 30.2 Å². The molecule has 0 spiro atoms. The number of likely N-dealkylation sites (tertiary alicyclic amines) is 1. The quantitative estimate of drug-likeness (QED) is 0.679. The van der Waals surface area contributed by atoms with Crippen molar-refractivity contribution in [3.05, 3.63) is 51.1 Å². The topological polar surface area (TPSA) is 80.9 Å². The van der Waals surface area contributed by atoms with Crippen molar-refractivity contribution in [2.24, 2.45) is 0 Å². The van der Waals surface area contributed by atoms with E-state index < -0.39 is 0 Å². The molecule has 2 aromatic heterocycles. The number of pyridine rings is 1. The van der Waals surface area contributed by atoms with E-state index in [1.165, 1.54) is 49.0 Å². The third kappa shape index (κ3) is 3.91. The van der Waals surface area contributed by atoms with Gasteiger partial charge in [-0.2, -0.15) is 0 Å². The minimum absolute atomic E-state index is 0.0132. The Morgan fingerprint density at radius 1 is 1.03 bits per heavy atom. The Balaban J connectivity index is 1.65. The van der Waals surface area contributed by atoms with Crippen LogP contribution in [0.15, 0.2) is 23.0 Å². The number of nitrogens with zero attached hydrogens (tertiary/aromatic N) is 4. The van der Waals surface area contributed by atoms with Crippen LogP contribution in [0.25, 0.3) is 10.9 Å². The van der Waals surface area contributed by atoms with Gasteiger partial charge in [-0.15, -0.1) is 5.10 Å². The molecule has 164 valence electrons. The predicted molar refractivity (Wildman–Crippen MR) is 120 cm³/mol. The van der Waals surface area contributed by atoms with Crippen LogP contribution in [0.2, 0.25) is 0 Å². The van der Waals surface area contributed by atoms with Gasteiger partial charge < -0.3 is 9.88 Å². The van der Waals surface area contributed by atoms with Crippen molar-refractivity contribution < 1.29 is 4.90 Å². The zero-order valence-electron chi connectivity index (χ0n) is 18.7. The third-order valence-electron chi connectivity index (χ3n) is 7.23. The van der Waals surface area contributed by atoms with Gasteiger partial charge in [0, 0.05) is 0 Å². The van der Waals surface area contributed by atoms with Gasteiger partial charge in [0.1, 0.15) is 0 Å². The number of tetrazole rings is 1. The van der Waals surface area contributed by atoms with Crippen LogP contribution < -0.4 is 10.5 Å². The van der Waals surface area contributed by atoms with E-state index in [2.05, 4.69) is 57.2 Å². The van der Waals surface area contributed by atoms with E-state index in [4.69, 9.17) is 0 Å². The predicted octanol–water partition coefficient (Wildman–Crippen LogP) is 2.79. The van der Waals surface area contributed by atoms with Crippen LogP contribution in [0.1, 0.15) is 86.0 Å². The molecular formula is C24H33N6O+. The van der Waals surface area contributed by atoms with E-state index in [9.17, 15) is 4.79 Å². The molecule has 7 heteroatoms. The van der Waals surface area contributed by atoms with Crippen molar-refractivity contribution >= 4 is 10.9 Å². The maximum absolute atomic E-state index is 13.4. The summed E-state index contributed by atoms with van der Waals surface area (Å²) < 4.78 is 2.05. The molecule has 0 amide bonds. The second-order valence-corrected chi connectivity index (χ2v) is 9.53. The first-order valence-corrected chi connectivity index (χ1v) is 11.9. The lowest BCUT2D eigenvalue weighted by molar-refractivity contribution is -0.931. The van der Waals surface area contributed by atoms with Gasteiger partial charge in [-0.05, 0) is 79.5 Å². The zero-order chi connectivity index (χ0) is 21.4. The molecule has 1 aromatic carbocycles. The zero-order valence-corrected chi connectivity index (χ0v) is 18.7. The molecule has 2 aliphatic rings. The van der Waals surface area contributed by atoms with Crippen LogP contribution in [0, 0.1) is 13.8 Å². The van der Waals surface area contributed by atoms with E-state index >= 15 is 0 Å². The Bertz CT molecular complexity index is 1120. The molecule has 2 N–H and O–H groups in total. The van der Waals surface area contributed by atoms with Gasteiger partial charge in [-0.1, -0.05) is 30.9 Å². The van der Waals surface area contributed by atoms with Crippen molar-refractivity contribution in [1.29, 1.82) is 0 Å². The number of hydrogen-bond donors (Lipinski definition) is 2. The first-order valence-electron chi connectivity index (χ1n) is 11.9. The maximum atomic E-state index is 13.4. The summed E-state index contributed by atoms with van der Waals surface area (Å²) in [5, 5.41) is 14.1. The van der Waals surface area contributed by atoms with E-state index in [0.29, 0.717) is 6.04 Å². The van der Waals surface area contributed by atoms with E-state index in [0.717, 1.165) is 53.8 Å². The molecule has 0 radical (unpaired) electrons. The molecule has 1 saturated heterocycles. The molecule has 0 bridgehead atoms. The van der Waals surface area contributed by atoms with Gasteiger partial charge in [-0.25, -0.2) is 4.68 Å². The Morgan fingerprint density at radius 3 is 2.55 bits per heavy atom. The number of aromatic nitrogens is 5. The molecule has 1 aliphatic carbocycles. The lowest BCUT2D eigenvalue weighted by Gasteiger charge is -2.32. The van der Waals surface area contributed by atoms with Crippen LogP contribution in [0.5, 0.6) is 0 Å². The molecule has 5 rings (SSSR count). The summed E-state index contributed by atoms with van der Waals surface area (Å²) in [6.45, 7) is 6.26. The van der Waals surface area contributed by atoms with E-state index in [-0.39, 0.29) is 11.6 Å². The molecular weight excluding hydrogens is 388 g/mol. The third-order valence-corrected chi connectivity index (χ3v) is 7.23. The van der Waals surface area contributed by atoms with Crippen molar-refractivity contribution in [3.8, 4) is 0 Å². The Hall–Kier alpha value is -2.54. The highest BCUT2D eigenvalue weighted by Crippen LogP contribution is 2.30. The van der Waals surface area contributed by atoms with Crippen LogP contribution in [0.4, 0.5) is 0 Å². The second-order valence-electron chi connectivity index (χ2n) is 9.53. The lowest BCUT2D eigenvalue weighted by atomic mass is 9.94. The van der Waals surface area contributed by atoms with E-state index in [1.807, 2.05) is 0 Å². The highest BCUT2D eigenvalue weighted by atomic mass is 16.1. The number of aryl methyl sites for hydroxylation is 2. The molecule has 2 fully saturated rings. The monoisotopic (exact) mass is 421 g/mol. The van der Waals surface area contributed by atoms with E-state index in [1.54, 1.807) is 0 Å². The number of benzene rings is 1. The highest BCUT2D eigenvalue weighted by Gasteiger charge is 2.36. The molecule has 0 unspecified atom stereocenters. The summed E-state index contributed by atoms with van der Waals surface area (Å²) in [7, 11) is 0. The number of fused-ring (bicyclic) bond motifs is 1. The molecule has 31 heavy (non-hydrogen) atoms. The number of quaternary nitrogens is 1. The molecule has 1 aliphatic heterocycles. The normalized spacial score (nSPS) is 19.7. The molecule has 3 aromatic rings. The molecule has 1 saturated carbocycles. The van der Waals surface area contributed by atoms with Crippen molar-refractivity contribution in [2.75, 3.05) is 13.1 Å². The standard InChI is InChI=1S/C24H32N6O/c1-16-13-17(2)21-18(14-16)15-20(24(31)25-21)22(29-11-7-4-8-12-29)23-26-27-28-30(23)19-9-5-3-6-10-19/h13-15,19,22H,3-12H2,1-2H3,(H,25,31)/p+1/t22-/m0/s1. The number of H-pyrrole nitrogens is 1. The van der Waals surface area contributed by atoms with Gasteiger partial charge in [0.25, 0.3) is 5.56 Å². The summed E-state index contributed by atoms with van der Waals surface area (Å²) >= 11 is 0. The highest BCUT2D eigenvalue weighted by molar-refractivity contribution is 5.83. The minimum Gasteiger partial charge on any atom is -0.322 e. The molecule has 7 nitrogen and oxygen atoms in total. The maximum Gasteiger partial charge on any atom is 0.258 e. The number of nitrogens with one attached hydrogen (secondary N) is 2. The van der Waals surface area contributed by atoms with Gasteiger partial charge in [0.15, 0.2) is 6.04 Å². The average Bonchev–Trinajstić information content (AvgIpc) is 3.26. The first-order chi connectivity index (χ1) is 15.1. The fourth-order valence-electron chi connectivity index (χ4n) is 5.73. The fourth-order valence-corrected chi connectivity index (χ4v) is 5.73. The summed E-state index contributed by atoms with van der Waals surface area (Å²) in [6, 6.07) is 6.59. The number of aromatic amines is 1. The van der Waals surface area contributed by atoms with Crippen LogP contribution >= 0.6 is 0 Å². The molecule has 1 atom stereocenters. The minimum atomic E-state index is -0.133. The Kier molecular flexibility index (Phi) is 5.61. The first kappa shape index (κ1) is 20.4. The summed E-state index contributed by atoms with van der Waals surface area (Å²) in [6.07, 6.45) is 9.59. The summed E-state index contributed by atoms with van der Waals surface area (Å²) in [4.78, 5) is 18.0. The number of hydrogen-bond acceptors (Lipinski definition) is 4. The molecule has 3 heterocycles. The van der Waals surface area contributed by atoms with Crippen molar-refractivity contribution in [3.63, 3.8) is 0 Å². The summed E-state index contributed by atoms with van der Waals surface area (Å²) in [5.74, 6) is 0.859. The van der Waals surface area contributed by atoms with Crippen molar-refractivity contribution in [1.82, 2.24) is 25.2 Å². The van der Waals surface area contributed by atoms with Crippen LogP contribution in [-0.2, 0) is 0 Å². The second kappa shape index (κ2) is 8.54. The largest absolute Gasteiger partial charge is 0.322 e. The van der Waals surface area contributed by atoms with Crippen LogP contribution in [0.3, 0.4) is 0 Å². The fraction of sp³-hybridized carbons (Fsp3) is 0.583. The SMILES string of the molecule is Cc1cc(C)c2[nH]c(=O)c([C@@H](c3nnnn3C3CCCCC3)[NH+]3CCCCC3)cc2c1. The Labute approximate surface area is 182 Å². The number of piperidine rings is 1. The average molecular weight is 422 g/mol. The smallest absolute Gasteiger partial charge is 0.258 e. The van der Waals surface area contributed by atoms with Crippen LogP contribution in [-0.4, -0.2) is 38.3 Å². The number of rotatable bonds is 4. The summed E-state index contributed by atoms with van der Waals surface area (Å²) in [5.41, 5.74) is 4.02. The van der Waals surface area contributed by atoms with Crippen molar-refractivity contribution in [2.45, 2.75) is 77.3 Å². The Morgan fingerprint density at radius 2 is 1.77 bits per heavy atom.